The summed E-state index contributed by atoms with van der Waals surface area (Å²) in [5.41, 5.74) is 2.05. The summed E-state index contributed by atoms with van der Waals surface area (Å²) in [5, 5.41) is 3.06. The fourth-order valence-corrected chi connectivity index (χ4v) is 3.21. The normalized spacial score (nSPS) is 14.2. The number of nitrogens with one attached hydrogen (secondary N) is 1. The maximum Gasteiger partial charge on any atom is 0.321 e. The minimum Gasteiger partial charge on any atom is -0.363 e. The van der Waals surface area contributed by atoms with Crippen molar-refractivity contribution < 1.29 is 4.79 Å². The molecule has 2 amide bonds. The second-order valence-electron chi connectivity index (χ2n) is 6.94. The van der Waals surface area contributed by atoms with Gasteiger partial charge in [0.2, 0.25) is 0 Å². The van der Waals surface area contributed by atoms with Gasteiger partial charge < -0.3 is 20.0 Å². The smallest absolute Gasteiger partial charge is 0.321 e. The summed E-state index contributed by atoms with van der Waals surface area (Å²) in [6, 6.07) is 9.92. The Labute approximate surface area is 161 Å². The molecule has 1 saturated heterocycles. The molecule has 0 atom stereocenters. The molecule has 1 aromatic heterocycles. The molecule has 0 unspecified atom stereocenters. The molecule has 1 aliphatic rings. The van der Waals surface area contributed by atoms with Gasteiger partial charge in [0.05, 0.1) is 0 Å². The van der Waals surface area contributed by atoms with E-state index in [1.807, 2.05) is 61.2 Å². The van der Waals surface area contributed by atoms with Gasteiger partial charge in [-0.25, -0.2) is 14.8 Å². The largest absolute Gasteiger partial charge is 0.363 e. The van der Waals surface area contributed by atoms with Crippen LogP contribution in [0.3, 0.4) is 0 Å². The van der Waals surface area contributed by atoms with Crippen molar-refractivity contribution in [3.8, 4) is 0 Å². The van der Waals surface area contributed by atoms with Crippen molar-refractivity contribution in [3.05, 3.63) is 41.7 Å². The summed E-state index contributed by atoms with van der Waals surface area (Å²) in [6.45, 7) is 6.85. The van der Waals surface area contributed by atoms with E-state index < -0.39 is 0 Å². The summed E-state index contributed by atoms with van der Waals surface area (Å²) in [4.78, 5) is 27.7. The van der Waals surface area contributed by atoms with E-state index in [-0.39, 0.29) is 6.03 Å². The van der Waals surface area contributed by atoms with Crippen LogP contribution in [-0.4, -0.2) is 61.2 Å². The van der Waals surface area contributed by atoms with Gasteiger partial charge in [-0.1, -0.05) is 25.1 Å². The molecule has 2 heterocycles. The van der Waals surface area contributed by atoms with Gasteiger partial charge >= 0.3 is 6.03 Å². The second kappa shape index (κ2) is 8.24. The zero-order chi connectivity index (χ0) is 19.4. The molecule has 0 radical (unpaired) electrons. The van der Waals surface area contributed by atoms with Crippen LogP contribution in [0, 0.1) is 6.92 Å². The van der Waals surface area contributed by atoms with Gasteiger partial charge in [0.15, 0.2) is 0 Å². The monoisotopic (exact) mass is 368 g/mol. The van der Waals surface area contributed by atoms with Crippen molar-refractivity contribution in [3.63, 3.8) is 0 Å². The van der Waals surface area contributed by atoms with E-state index in [0.717, 1.165) is 48.2 Å². The van der Waals surface area contributed by atoms with E-state index in [4.69, 9.17) is 0 Å². The van der Waals surface area contributed by atoms with Crippen LogP contribution in [0.5, 0.6) is 0 Å². The molecule has 1 aliphatic heterocycles. The highest BCUT2D eigenvalue weighted by molar-refractivity contribution is 5.90. The summed E-state index contributed by atoms with van der Waals surface area (Å²) >= 11 is 0. The SMILES string of the molecule is CCc1ccccc1NC(=O)N1CCN(c2cc(N(C)C)nc(C)n2)CC1. The Kier molecular flexibility index (Phi) is 5.78. The molecule has 7 heteroatoms. The Balaban J connectivity index is 1.62. The number of rotatable bonds is 4. The van der Waals surface area contributed by atoms with Crippen LogP contribution in [-0.2, 0) is 6.42 Å². The number of carbonyl (C=O) groups is 1. The molecular weight excluding hydrogens is 340 g/mol. The molecule has 3 rings (SSSR count). The number of anilines is 3. The first-order valence-electron chi connectivity index (χ1n) is 9.39. The van der Waals surface area contributed by atoms with E-state index >= 15 is 0 Å². The fourth-order valence-electron chi connectivity index (χ4n) is 3.21. The highest BCUT2D eigenvalue weighted by Crippen LogP contribution is 2.20. The molecule has 0 aliphatic carbocycles. The maximum absolute atomic E-state index is 12.6. The summed E-state index contributed by atoms with van der Waals surface area (Å²) in [7, 11) is 3.95. The molecular formula is C20H28N6O. The van der Waals surface area contributed by atoms with Crippen LogP contribution in [0.25, 0.3) is 0 Å². The number of amides is 2. The molecule has 0 saturated carbocycles. The van der Waals surface area contributed by atoms with Crippen LogP contribution in [0.15, 0.2) is 30.3 Å². The summed E-state index contributed by atoms with van der Waals surface area (Å²) in [5.74, 6) is 2.57. The van der Waals surface area contributed by atoms with Gasteiger partial charge in [0.25, 0.3) is 0 Å². The Morgan fingerprint density at radius 1 is 1.15 bits per heavy atom. The standard InChI is InChI=1S/C20H28N6O/c1-5-16-8-6-7-9-17(16)23-20(27)26-12-10-25(11-13-26)19-14-18(24(3)4)21-15(2)22-19/h6-9,14H,5,10-13H2,1-4H3,(H,23,27). The van der Waals surface area contributed by atoms with Gasteiger partial charge in [-0.05, 0) is 25.0 Å². The first-order valence-corrected chi connectivity index (χ1v) is 9.39. The fraction of sp³-hybridized carbons (Fsp3) is 0.450. The Morgan fingerprint density at radius 2 is 1.85 bits per heavy atom. The van der Waals surface area contributed by atoms with E-state index in [9.17, 15) is 4.79 Å². The van der Waals surface area contributed by atoms with Gasteiger partial charge in [-0.15, -0.1) is 0 Å². The Morgan fingerprint density at radius 3 is 2.52 bits per heavy atom. The quantitative estimate of drug-likeness (QED) is 0.899. The summed E-state index contributed by atoms with van der Waals surface area (Å²) in [6.07, 6.45) is 0.894. The first-order chi connectivity index (χ1) is 13.0. The molecule has 0 bridgehead atoms. The average Bonchev–Trinajstić information content (AvgIpc) is 2.68. The highest BCUT2D eigenvalue weighted by Gasteiger charge is 2.23. The molecule has 1 N–H and O–H groups in total. The molecule has 1 fully saturated rings. The average molecular weight is 368 g/mol. The van der Waals surface area contributed by atoms with E-state index in [1.165, 1.54) is 0 Å². The van der Waals surface area contributed by atoms with Crippen LogP contribution >= 0.6 is 0 Å². The number of hydrogen-bond donors (Lipinski definition) is 1. The third kappa shape index (κ3) is 4.48. The lowest BCUT2D eigenvalue weighted by Crippen LogP contribution is -2.50. The van der Waals surface area contributed by atoms with E-state index in [1.54, 1.807) is 0 Å². The first kappa shape index (κ1) is 18.9. The highest BCUT2D eigenvalue weighted by atomic mass is 16.2. The van der Waals surface area contributed by atoms with Crippen LogP contribution in [0.1, 0.15) is 18.3 Å². The van der Waals surface area contributed by atoms with Crippen molar-refractivity contribution in [2.45, 2.75) is 20.3 Å². The number of urea groups is 1. The topological polar surface area (TPSA) is 64.6 Å². The molecule has 7 nitrogen and oxygen atoms in total. The Bertz CT molecular complexity index is 799. The van der Waals surface area contributed by atoms with Gasteiger partial charge in [-0.3, -0.25) is 0 Å². The summed E-state index contributed by atoms with van der Waals surface area (Å²) < 4.78 is 0. The minimum absolute atomic E-state index is 0.0385. The number of nitrogens with zero attached hydrogens (tertiary/aromatic N) is 5. The molecule has 0 spiro atoms. The van der Waals surface area contributed by atoms with Gasteiger partial charge in [0.1, 0.15) is 17.5 Å². The number of carbonyl (C=O) groups excluding carboxylic acids is 1. The van der Waals surface area contributed by atoms with Crippen LogP contribution in [0.2, 0.25) is 0 Å². The number of aromatic nitrogens is 2. The van der Waals surface area contributed by atoms with Gasteiger partial charge in [-0.2, -0.15) is 0 Å². The predicted octanol–water partition coefficient (Wildman–Crippen LogP) is 2.77. The number of hydrogen-bond acceptors (Lipinski definition) is 5. The molecule has 144 valence electrons. The second-order valence-corrected chi connectivity index (χ2v) is 6.94. The number of piperazine rings is 1. The zero-order valence-electron chi connectivity index (χ0n) is 16.6. The predicted molar refractivity (Wildman–Crippen MR) is 110 cm³/mol. The van der Waals surface area contributed by atoms with E-state index in [0.29, 0.717) is 13.1 Å². The molecule has 2 aromatic rings. The molecule has 27 heavy (non-hydrogen) atoms. The van der Waals surface area contributed by atoms with Crippen molar-refractivity contribution >= 4 is 23.4 Å². The van der Waals surface area contributed by atoms with Gasteiger partial charge in [0, 0.05) is 52.0 Å². The molecule has 1 aromatic carbocycles. The maximum atomic E-state index is 12.6. The number of aryl methyl sites for hydroxylation is 2. The van der Waals surface area contributed by atoms with Crippen molar-refractivity contribution in [2.75, 3.05) is 55.4 Å². The van der Waals surface area contributed by atoms with Crippen molar-refractivity contribution in [2.24, 2.45) is 0 Å². The van der Waals surface area contributed by atoms with Crippen LogP contribution in [0.4, 0.5) is 22.1 Å². The zero-order valence-corrected chi connectivity index (χ0v) is 16.6. The lowest BCUT2D eigenvalue weighted by atomic mass is 10.1. The third-order valence-corrected chi connectivity index (χ3v) is 4.80. The third-order valence-electron chi connectivity index (χ3n) is 4.80. The van der Waals surface area contributed by atoms with Crippen molar-refractivity contribution in [1.29, 1.82) is 0 Å². The minimum atomic E-state index is -0.0385. The lowest BCUT2D eigenvalue weighted by Gasteiger charge is -2.35. The van der Waals surface area contributed by atoms with E-state index in [2.05, 4.69) is 27.1 Å². The number of benzene rings is 1. The van der Waals surface area contributed by atoms with Crippen LogP contribution < -0.4 is 15.1 Å². The van der Waals surface area contributed by atoms with Crippen molar-refractivity contribution in [1.82, 2.24) is 14.9 Å². The lowest BCUT2D eigenvalue weighted by molar-refractivity contribution is 0.208. The Hall–Kier alpha value is -2.83. The number of para-hydroxylation sites is 1.